The molecule has 0 saturated carbocycles. The van der Waals surface area contributed by atoms with Crippen molar-refractivity contribution in [2.45, 2.75) is 6.10 Å². The maximum Gasteiger partial charge on any atom is 0.244 e. The molecule has 0 bridgehead atoms. The molecule has 0 spiro atoms. The molecule has 1 aromatic carbocycles. The molecule has 2 aromatic rings. The first-order valence-electron chi connectivity index (χ1n) is 6.46. The van der Waals surface area contributed by atoms with E-state index < -0.39 is 0 Å². The molecule has 1 atom stereocenters. The summed E-state index contributed by atoms with van der Waals surface area (Å²) in [4.78, 5) is 11.8. The smallest absolute Gasteiger partial charge is 0.244 e. The summed E-state index contributed by atoms with van der Waals surface area (Å²) < 4.78 is 5.40. The molecule has 2 rings (SSSR count). The van der Waals surface area contributed by atoms with Crippen molar-refractivity contribution < 1.29 is 9.53 Å². The van der Waals surface area contributed by atoms with Crippen molar-refractivity contribution in [3.63, 3.8) is 0 Å². The third-order valence-electron chi connectivity index (χ3n) is 2.97. The quantitative estimate of drug-likeness (QED) is 0.819. The van der Waals surface area contributed by atoms with Crippen LogP contribution in [0.2, 0.25) is 5.02 Å². The van der Waals surface area contributed by atoms with Gasteiger partial charge in [0, 0.05) is 30.3 Å². The second-order valence-corrected chi connectivity index (χ2v) is 5.57. The fourth-order valence-corrected chi connectivity index (χ4v) is 2.74. The first kappa shape index (κ1) is 15.8. The van der Waals surface area contributed by atoms with Gasteiger partial charge in [0.15, 0.2) is 0 Å². The van der Waals surface area contributed by atoms with Crippen LogP contribution in [0, 0.1) is 0 Å². The molecule has 21 heavy (non-hydrogen) atoms. The van der Waals surface area contributed by atoms with Crippen molar-refractivity contribution in [1.29, 1.82) is 0 Å². The predicted molar refractivity (Wildman–Crippen MR) is 87.6 cm³/mol. The van der Waals surface area contributed by atoms with Crippen LogP contribution >= 0.6 is 22.9 Å². The lowest BCUT2D eigenvalue weighted by Crippen LogP contribution is -2.27. The van der Waals surface area contributed by atoms with E-state index in [0.717, 1.165) is 11.1 Å². The number of ether oxygens (including phenoxy) is 1. The molecule has 0 aliphatic heterocycles. The van der Waals surface area contributed by atoms with Crippen LogP contribution in [0.4, 0.5) is 0 Å². The molecule has 0 unspecified atom stereocenters. The summed E-state index contributed by atoms with van der Waals surface area (Å²) in [6, 6.07) is 9.41. The number of methoxy groups -OCH3 is 1. The Bertz CT molecular complexity index is 610. The van der Waals surface area contributed by atoms with Crippen LogP contribution in [0.1, 0.15) is 17.2 Å². The summed E-state index contributed by atoms with van der Waals surface area (Å²) >= 11 is 7.73. The Morgan fingerprint density at radius 3 is 2.90 bits per heavy atom. The van der Waals surface area contributed by atoms with Crippen molar-refractivity contribution >= 4 is 34.9 Å². The molecule has 1 N–H and O–H groups in total. The van der Waals surface area contributed by atoms with E-state index in [1.54, 1.807) is 30.6 Å². The Morgan fingerprint density at radius 2 is 2.24 bits per heavy atom. The monoisotopic (exact) mass is 321 g/mol. The van der Waals surface area contributed by atoms with Gasteiger partial charge < -0.3 is 10.1 Å². The Balaban J connectivity index is 1.91. The third kappa shape index (κ3) is 4.70. The highest BCUT2D eigenvalue weighted by atomic mass is 35.5. The van der Waals surface area contributed by atoms with E-state index in [2.05, 4.69) is 5.32 Å². The number of halogens is 1. The lowest BCUT2D eigenvalue weighted by atomic mass is 10.1. The minimum absolute atomic E-state index is 0.157. The molecule has 0 saturated heterocycles. The van der Waals surface area contributed by atoms with Crippen LogP contribution < -0.4 is 5.32 Å². The first-order valence-corrected chi connectivity index (χ1v) is 7.78. The molecule has 0 radical (unpaired) electrons. The van der Waals surface area contributed by atoms with E-state index in [0.29, 0.717) is 11.6 Å². The summed E-state index contributed by atoms with van der Waals surface area (Å²) in [5, 5.41) is 7.39. The molecule has 110 valence electrons. The zero-order chi connectivity index (χ0) is 15.1. The summed E-state index contributed by atoms with van der Waals surface area (Å²) in [7, 11) is 1.60. The number of carbonyl (C=O) groups excluding carboxylic acids is 1. The van der Waals surface area contributed by atoms with Gasteiger partial charge in [-0.05, 0) is 34.5 Å². The Morgan fingerprint density at radius 1 is 1.43 bits per heavy atom. The lowest BCUT2D eigenvalue weighted by molar-refractivity contribution is -0.117. The highest BCUT2D eigenvalue weighted by molar-refractivity contribution is 7.08. The molecule has 0 aliphatic rings. The van der Waals surface area contributed by atoms with E-state index in [9.17, 15) is 4.79 Å². The average Bonchev–Trinajstić information content (AvgIpc) is 3.01. The summed E-state index contributed by atoms with van der Waals surface area (Å²) in [5.74, 6) is -0.157. The number of benzene rings is 1. The molecule has 1 aromatic heterocycles. The van der Waals surface area contributed by atoms with E-state index in [1.807, 2.05) is 35.0 Å². The molecule has 0 aliphatic carbocycles. The average molecular weight is 322 g/mol. The van der Waals surface area contributed by atoms with E-state index in [-0.39, 0.29) is 12.0 Å². The minimum Gasteiger partial charge on any atom is -0.375 e. The van der Waals surface area contributed by atoms with Crippen LogP contribution in [0.15, 0.2) is 47.2 Å². The molecule has 5 heteroatoms. The zero-order valence-electron chi connectivity index (χ0n) is 11.6. The summed E-state index contributed by atoms with van der Waals surface area (Å²) in [5.41, 5.74) is 1.88. The molecule has 0 fully saturated rings. The van der Waals surface area contributed by atoms with Crippen LogP contribution in [0.5, 0.6) is 0 Å². The van der Waals surface area contributed by atoms with Crippen molar-refractivity contribution in [2.24, 2.45) is 0 Å². The van der Waals surface area contributed by atoms with E-state index in [1.165, 1.54) is 6.08 Å². The van der Waals surface area contributed by atoms with Crippen molar-refractivity contribution in [1.82, 2.24) is 5.32 Å². The fraction of sp³-hybridized carbons (Fsp3) is 0.188. The number of carbonyl (C=O) groups is 1. The molecule has 1 amide bonds. The van der Waals surface area contributed by atoms with Crippen molar-refractivity contribution in [3.8, 4) is 0 Å². The lowest BCUT2D eigenvalue weighted by Gasteiger charge is -2.17. The summed E-state index contributed by atoms with van der Waals surface area (Å²) in [6.45, 7) is 0.368. The number of amides is 1. The van der Waals surface area contributed by atoms with Crippen molar-refractivity contribution in [2.75, 3.05) is 13.7 Å². The maximum absolute atomic E-state index is 11.8. The van der Waals surface area contributed by atoms with Gasteiger partial charge in [-0.25, -0.2) is 0 Å². The topological polar surface area (TPSA) is 38.3 Å². The van der Waals surface area contributed by atoms with Gasteiger partial charge in [0.25, 0.3) is 0 Å². The SMILES string of the molecule is CO[C@@H](CNC(=O)/C=C/c1ccsc1)c1ccccc1Cl. The van der Waals surface area contributed by atoms with Gasteiger partial charge in [-0.1, -0.05) is 29.8 Å². The molecular weight excluding hydrogens is 306 g/mol. The van der Waals surface area contributed by atoms with Gasteiger partial charge >= 0.3 is 0 Å². The van der Waals surface area contributed by atoms with Crippen molar-refractivity contribution in [3.05, 3.63) is 63.3 Å². The van der Waals surface area contributed by atoms with Crippen LogP contribution in [0.25, 0.3) is 6.08 Å². The fourth-order valence-electron chi connectivity index (χ4n) is 1.85. The number of nitrogens with one attached hydrogen (secondary N) is 1. The third-order valence-corrected chi connectivity index (χ3v) is 4.01. The number of thiophene rings is 1. The summed E-state index contributed by atoms with van der Waals surface area (Å²) in [6.07, 6.45) is 3.03. The maximum atomic E-state index is 11.8. The highest BCUT2D eigenvalue weighted by Crippen LogP contribution is 2.24. The normalized spacial score (nSPS) is 12.5. The second-order valence-electron chi connectivity index (χ2n) is 4.38. The largest absolute Gasteiger partial charge is 0.375 e. The van der Waals surface area contributed by atoms with E-state index >= 15 is 0 Å². The number of hydrogen-bond donors (Lipinski definition) is 1. The van der Waals surface area contributed by atoms with Gasteiger partial charge in [-0.3, -0.25) is 4.79 Å². The molecular formula is C16H16ClNO2S. The number of rotatable bonds is 6. The minimum atomic E-state index is -0.266. The van der Waals surface area contributed by atoms with Gasteiger partial charge in [-0.15, -0.1) is 0 Å². The van der Waals surface area contributed by atoms with Gasteiger partial charge in [-0.2, -0.15) is 11.3 Å². The van der Waals surface area contributed by atoms with Gasteiger partial charge in [0.1, 0.15) is 6.10 Å². The van der Waals surface area contributed by atoms with Crippen LogP contribution in [0.3, 0.4) is 0 Å². The number of hydrogen-bond acceptors (Lipinski definition) is 3. The Hall–Kier alpha value is -1.62. The second kappa shape index (κ2) is 7.98. The highest BCUT2D eigenvalue weighted by Gasteiger charge is 2.14. The van der Waals surface area contributed by atoms with E-state index in [4.69, 9.17) is 16.3 Å². The predicted octanol–water partition coefficient (Wildman–Crippen LogP) is 3.92. The zero-order valence-corrected chi connectivity index (χ0v) is 13.2. The van der Waals surface area contributed by atoms with Crippen LogP contribution in [-0.2, 0) is 9.53 Å². The van der Waals surface area contributed by atoms with Gasteiger partial charge in [0.05, 0.1) is 0 Å². The Labute approximate surface area is 133 Å². The Kier molecular flexibility index (Phi) is 5.99. The molecule has 1 heterocycles. The first-order chi connectivity index (χ1) is 10.2. The van der Waals surface area contributed by atoms with Crippen LogP contribution in [-0.4, -0.2) is 19.6 Å². The van der Waals surface area contributed by atoms with Gasteiger partial charge in [0.2, 0.25) is 5.91 Å². The molecule has 3 nitrogen and oxygen atoms in total. The standard InChI is InChI=1S/C16H16ClNO2S/c1-20-15(13-4-2-3-5-14(13)17)10-18-16(19)7-6-12-8-9-21-11-12/h2-9,11,15H,10H2,1H3,(H,18,19)/b7-6+/t15-/m0/s1.